The lowest BCUT2D eigenvalue weighted by atomic mass is 9.95. The smallest absolute Gasteiger partial charge is 0.326 e. The summed E-state index contributed by atoms with van der Waals surface area (Å²) in [5, 5.41) is 11.4. The van der Waals surface area contributed by atoms with Gasteiger partial charge in [0.15, 0.2) is 0 Å². The van der Waals surface area contributed by atoms with E-state index in [1.807, 2.05) is 30.3 Å². The lowest BCUT2D eigenvalue weighted by Gasteiger charge is -2.16. The van der Waals surface area contributed by atoms with Gasteiger partial charge in [-0.1, -0.05) is 43.3 Å². The summed E-state index contributed by atoms with van der Waals surface area (Å²) in [6.07, 6.45) is 2.28. The molecule has 0 aromatic heterocycles. The Kier molecular flexibility index (Phi) is 5.79. The van der Waals surface area contributed by atoms with Crippen LogP contribution in [0, 0.1) is 0 Å². The lowest BCUT2D eigenvalue weighted by Crippen LogP contribution is -2.40. The van der Waals surface area contributed by atoms with Crippen LogP contribution in [0.3, 0.4) is 0 Å². The number of benzene rings is 1. The largest absolute Gasteiger partial charge is 0.480 e. The summed E-state index contributed by atoms with van der Waals surface area (Å²) in [6, 6.07) is 8.73. The molecule has 1 aromatic rings. The Bertz CT molecular complexity index is 442. The molecule has 102 valence electrons. The maximum absolute atomic E-state index is 11.8. The van der Waals surface area contributed by atoms with Crippen LogP contribution in [0.15, 0.2) is 43.0 Å². The van der Waals surface area contributed by atoms with E-state index in [2.05, 4.69) is 11.9 Å². The zero-order chi connectivity index (χ0) is 14.3. The van der Waals surface area contributed by atoms with Crippen LogP contribution in [0.4, 0.5) is 0 Å². The normalized spacial score (nSPS) is 13.3. The van der Waals surface area contributed by atoms with Gasteiger partial charge in [0.05, 0.1) is 0 Å². The summed E-state index contributed by atoms with van der Waals surface area (Å²) < 4.78 is 0. The van der Waals surface area contributed by atoms with Crippen molar-refractivity contribution < 1.29 is 14.7 Å². The van der Waals surface area contributed by atoms with Gasteiger partial charge in [0.25, 0.3) is 0 Å². The number of carboxylic acid groups (broad SMARTS) is 1. The fourth-order valence-corrected chi connectivity index (χ4v) is 1.83. The standard InChI is InChI=1S/C15H19NO3/c1-3-11(12-8-6-5-7-9-12)10-14(17)16-13(4-2)15(18)19/h3,5-9,11,13H,1,4,10H2,2H3,(H,16,17)(H,18,19). The van der Waals surface area contributed by atoms with Gasteiger partial charge < -0.3 is 10.4 Å². The summed E-state index contributed by atoms with van der Waals surface area (Å²) in [4.78, 5) is 22.7. The Balaban J connectivity index is 2.64. The Labute approximate surface area is 113 Å². The summed E-state index contributed by atoms with van der Waals surface area (Å²) in [6.45, 7) is 5.45. The second kappa shape index (κ2) is 7.36. The Hall–Kier alpha value is -2.10. The van der Waals surface area contributed by atoms with Crippen molar-refractivity contribution in [3.05, 3.63) is 48.6 Å². The van der Waals surface area contributed by atoms with Gasteiger partial charge in [0.1, 0.15) is 6.04 Å². The number of rotatable bonds is 7. The molecule has 1 amide bonds. The monoisotopic (exact) mass is 261 g/mol. The zero-order valence-electron chi connectivity index (χ0n) is 11.0. The van der Waals surface area contributed by atoms with Gasteiger partial charge in [0.2, 0.25) is 5.91 Å². The molecule has 1 aromatic carbocycles. The van der Waals surface area contributed by atoms with E-state index < -0.39 is 12.0 Å². The molecule has 0 saturated heterocycles. The SMILES string of the molecule is C=CC(CC(=O)NC(CC)C(=O)O)c1ccccc1. The van der Waals surface area contributed by atoms with Crippen molar-refractivity contribution >= 4 is 11.9 Å². The van der Waals surface area contributed by atoms with Crippen molar-refractivity contribution in [2.45, 2.75) is 31.7 Å². The fourth-order valence-electron chi connectivity index (χ4n) is 1.83. The number of amides is 1. The molecule has 0 aliphatic carbocycles. The maximum atomic E-state index is 11.8. The molecule has 0 fully saturated rings. The highest BCUT2D eigenvalue weighted by molar-refractivity contribution is 5.84. The minimum Gasteiger partial charge on any atom is -0.480 e. The first-order valence-corrected chi connectivity index (χ1v) is 6.28. The Morgan fingerprint density at radius 3 is 2.47 bits per heavy atom. The van der Waals surface area contributed by atoms with Crippen LogP contribution in [-0.4, -0.2) is 23.0 Å². The van der Waals surface area contributed by atoms with Gasteiger partial charge in [-0.25, -0.2) is 4.79 Å². The number of carbonyl (C=O) groups excluding carboxylic acids is 1. The van der Waals surface area contributed by atoms with Gasteiger partial charge in [-0.3, -0.25) is 4.79 Å². The van der Waals surface area contributed by atoms with Gasteiger partial charge >= 0.3 is 5.97 Å². The van der Waals surface area contributed by atoms with Crippen LogP contribution in [-0.2, 0) is 9.59 Å². The van der Waals surface area contributed by atoms with E-state index >= 15 is 0 Å². The molecule has 4 heteroatoms. The number of carbonyl (C=O) groups is 2. The first kappa shape index (κ1) is 15.0. The maximum Gasteiger partial charge on any atom is 0.326 e. The van der Waals surface area contributed by atoms with E-state index in [1.165, 1.54) is 0 Å². The molecule has 4 nitrogen and oxygen atoms in total. The zero-order valence-corrected chi connectivity index (χ0v) is 11.0. The van der Waals surface area contributed by atoms with Crippen LogP contribution >= 0.6 is 0 Å². The van der Waals surface area contributed by atoms with Gasteiger partial charge in [0, 0.05) is 12.3 Å². The average molecular weight is 261 g/mol. The van der Waals surface area contributed by atoms with E-state index in [4.69, 9.17) is 5.11 Å². The molecule has 0 radical (unpaired) electrons. The number of allylic oxidation sites excluding steroid dienone is 1. The van der Waals surface area contributed by atoms with Gasteiger partial charge in [-0.15, -0.1) is 6.58 Å². The van der Waals surface area contributed by atoms with Crippen LogP contribution in [0.1, 0.15) is 31.2 Å². The average Bonchev–Trinajstić information content (AvgIpc) is 2.42. The fraction of sp³-hybridized carbons (Fsp3) is 0.333. The minimum atomic E-state index is -1.01. The first-order chi connectivity index (χ1) is 9.08. The Morgan fingerprint density at radius 2 is 2.00 bits per heavy atom. The highest BCUT2D eigenvalue weighted by Crippen LogP contribution is 2.20. The van der Waals surface area contributed by atoms with Gasteiger partial charge in [-0.2, -0.15) is 0 Å². The summed E-state index contributed by atoms with van der Waals surface area (Å²) in [5.41, 5.74) is 0.996. The topological polar surface area (TPSA) is 66.4 Å². The molecule has 2 atom stereocenters. The molecule has 0 saturated carbocycles. The van der Waals surface area contributed by atoms with Crippen LogP contribution in [0.25, 0.3) is 0 Å². The van der Waals surface area contributed by atoms with Crippen molar-refractivity contribution in [1.29, 1.82) is 0 Å². The molecule has 0 heterocycles. The number of aliphatic carboxylic acids is 1. The summed E-state index contributed by atoms with van der Waals surface area (Å²) >= 11 is 0. The second-order valence-corrected chi connectivity index (χ2v) is 4.32. The van der Waals surface area contributed by atoms with Crippen molar-refractivity contribution in [2.75, 3.05) is 0 Å². The van der Waals surface area contributed by atoms with Crippen LogP contribution < -0.4 is 5.32 Å². The summed E-state index contributed by atoms with van der Waals surface area (Å²) in [7, 11) is 0. The minimum absolute atomic E-state index is 0.104. The third-order valence-corrected chi connectivity index (χ3v) is 2.96. The van der Waals surface area contributed by atoms with E-state index in [1.54, 1.807) is 13.0 Å². The number of hydrogen-bond acceptors (Lipinski definition) is 2. The number of hydrogen-bond donors (Lipinski definition) is 2. The van der Waals surface area contributed by atoms with Crippen LogP contribution in [0.2, 0.25) is 0 Å². The quantitative estimate of drug-likeness (QED) is 0.740. The van der Waals surface area contributed by atoms with E-state index in [-0.39, 0.29) is 18.2 Å². The molecule has 2 N–H and O–H groups in total. The predicted molar refractivity (Wildman–Crippen MR) is 73.9 cm³/mol. The molecule has 0 bridgehead atoms. The highest BCUT2D eigenvalue weighted by atomic mass is 16.4. The number of nitrogens with one attached hydrogen (secondary N) is 1. The third kappa shape index (κ3) is 4.58. The van der Waals surface area contributed by atoms with Crippen molar-refractivity contribution in [1.82, 2.24) is 5.32 Å². The van der Waals surface area contributed by atoms with Crippen molar-refractivity contribution in [3.63, 3.8) is 0 Å². The first-order valence-electron chi connectivity index (χ1n) is 6.28. The van der Waals surface area contributed by atoms with E-state index in [0.717, 1.165) is 5.56 Å². The molecule has 0 aliphatic rings. The van der Waals surface area contributed by atoms with Crippen LogP contribution in [0.5, 0.6) is 0 Å². The Morgan fingerprint density at radius 1 is 1.37 bits per heavy atom. The highest BCUT2D eigenvalue weighted by Gasteiger charge is 2.19. The number of carboxylic acids is 1. The molecule has 19 heavy (non-hydrogen) atoms. The molecule has 0 spiro atoms. The molecular weight excluding hydrogens is 242 g/mol. The lowest BCUT2D eigenvalue weighted by molar-refractivity contribution is -0.141. The predicted octanol–water partition coefficient (Wildman–Crippen LogP) is 2.33. The molecule has 1 rings (SSSR count). The van der Waals surface area contributed by atoms with E-state index in [0.29, 0.717) is 6.42 Å². The molecular formula is C15H19NO3. The second-order valence-electron chi connectivity index (χ2n) is 4.32. The molecule has 2 unspecified atom stereocenters. The van der Waals surface area contributed by atoms with E-state index in [9.17, 15) is 9.59 Å². The summed E-state index contributed by atoms with van der Waals surface area (Å²) in [5.74, 6) is -1.39. The van der Waals surface area contributed by atoms with Gasteiger partial charge in [-0.05, 0) is 12.0 Å². The third-order valence-electron chi connectivity index (χ3n) is 2.96. The molecule has 0 aliphatic heterocycles. The van der Waals surface area contributed by atoms with Crippen molar-refractivity contribution in [2.24, 2.45) is 0 Å². The van der Waals surface area contributed by atoms with Crippen molar-refractivity contribution in [3.8, 4) is 0 Å².